The highest BCUT2D eigenvalue weighted by molar-refractivity contribution is 9.10. The second-order valence-corrected chi connectivity index (χ2v) is 6.83. The molecule has 0 radical (unpaired) electrons. The SMILES string of the molecule is CCN(C(=O)c1cc(F)ccc1Br)C1CC2CCC(C1)N2. The number of fused-ring (bicyclic) bond motifs is 2. The molecule has 1 amide bonds. The average molecular weight is 355 g/mol. The van der Waals surface area contributed by atoms with Crippen LogP contribution in [0.4, 0.5) is 4.39 Å². The molecule has 0 spiro atoms. The topological polar surface area (TPSA) is 32.3 Å². The van der Waals surface area contributed by atoms with Crippen molar-refractivity contribution < 1.29 is 9.18 Å². The number of carbonyl (C=O) groups is 1. The minimum Gasteiger partial charge on any atom is -0.336 e. The van der Waals surface area contributed by atoms with Crippen LogP contribution in [-0.4, -0.2) is 35.5 Å². The van der Waals surface area contributed by atoms with Gasteiger partial charge in [-0.25, -0.2) is 4.39 Å². The third kappa shape index (κ3) is 2.99. The summed E-state index contributed by atoms with van der Waals surface area (Å²) in [5.74, 6) is -0.446. The van der Waals surface area contributed by atoms with Crippen LogP contribution in [0.1, 0.15) is 43.0 Å². The molecule has 1 aromatic rings. The van der Waals surface area contributed by atoms with Gasteiger partial charge in [-0.15, -0.1) is 0 Å². The van der Waals surface area contributed by atoms with Crippen molar-refractivity contribution in [2.75, 3.05) is 6.54 Å². The van der Waals surface area contributed by atoms with Gasteiger partial charge in [0.05, 0.1) is 5.56 Å². The van der Waals surface area contributed by atoms with E-state index in [1.54, 1.807) is 6.07 Å². The van der Waals surface area contributed by atoms with E-state index in [-0.39, 0.29) is 17.8 Å². The molecule has 0 aromatic heterocycles. The van der Waals surface area contributed by atoms with Crippen molar-refractivity contribution in [1.82, 2.24) is 10.2 Å². The van der Waals surface area contributed by atoms with E-state index >= 15 is 0 Å². The molecule has 1 N–H and O–H groups in total. The molecular weight excluding hydrogens is 335 g/mol. The van der Waals surface area contributed by atoms with Gasteiger partial charge < -0.3 is 10.2 Å². The third-order valence-electron chi connectivity index (χ3n) is 4.65. The zero-order chi connectivity index (χ0) is 15.0. The van der Waals surface area contributed by atoms with Gasteiger partial charge in [0.15, 0.2) is 0 Å². The maximum atomic E-state index is 13.4. The van der Waals surface area contributed by atoms with E-state index in [2.05, 4.69) is 21.2 Å². The molecular formula is C16H20BrFN2O. The van der Waals surface area contributed by atoms with Crippen LogP contribution >= 0.6 is 15.9 Å². The first-order chi connectivity index (χ1) is 10.1. The van der Waals surface area contributed by atoms with Crippen molar-refractivity contribution in [2.45, 2.75) is 50.7 Å². The lowest BCUT2D eigenvalue weighted by molar-refractivity contribution is 0.0629. The molecule has 21 heavy (non-hydrogen) atoms. The number of nitrogens with one attached hydrogen (secondary N) is 1. The predicted molar refractivity (Wildman–Crippen MR) is 83.8 cm³/mol. The van der Waals surface area contributed by atoms with E-state index in [4.69, 9.17) is 0 Å². The molecule has 2 fully saturated rings. The van der Waals surface area contributed by atoms with Gasteiger partial charge in [-0.05, 0) is 66.7 Å². The van der Waals surface area contributed by atoms with Gasteiger partial charge in [0.25, 0.3) is 5.91 Å². The van der Waals surface area contributed by atoms with E-state index in [1.165, 1.54) is 25.0 Å². The summed E-state index contributed by atoms with van der Waals surface area (Å²) in [6.45, 7) is 2.65. The number of carbonyl (C=O) groups excluding carboxylic acids is 1. The fourth-order valence-corrected chi connectivity index (χ4v) is 4.08. The Morgan fingerprint density at radius 2 is 2.05 bits per heavy atom. The first kappa shape index (κ1) is 15.0. The molecule has 2 unspecified atom stereocenters. The van der Waals surface area contributed by atoms with E-state index in [9.17, 15) is 9.18 Å². The van der Waals surface area contributed by atoms with Crippen LogP contribution in [0.3, 0.4) is 0 Å². The van der Waals surface area contributed by atoms with Crippen molar-refractivity contribution in [3.63, 3.8) is 0 Å². The third-order valence-corrected chi connectivity index (χ3v) is 5.34. The molecule has 1 aromatic carbocycles. The maximum Gasteiger partial charge on any atom is 0.255 e. The molecule has 114 valence electrons. The van der Waals surface area contributed by atoms with Crippen LogP contribution in [0.5, 0.6) is 0 Å². The molecule has 0 saturated carbocycles. The monoisotopic (exact) mass is 354 g/mol. The van der Waals surface area contributed by atoms with Crippen LogP contribution in [0.25, 0.3) is 0 Å². The second-order valence-electron chi connectivity index (χ2n) is 5.98. The number of nitrogens with zero attached hydrogens (tertiary/aromatic N) is 1. The second kappa shape index (κ2) is 6.05. The fourth-order valence-electron chi connectivity index (χ4n) is 3.67. The van der Waals surface area contributed by atoms with Gasteiger partial charge >= 0.3 is 0 Å². The van der Waals surface area contributed by atoms with Gasteiger partial charge in [0, 0.05) is 29.1 Å². The summed E-state index contributed by atoms with van der Waals surface area (Å²) in [5, 5.41) is 3.59. The first-order valence-corrected chi connectivity index (χ1v) is 8.40. The fraction of sp³-hybridized carbons (Fsp3) is 0.562. The summed E-state index contributed by atoms with van der Waals surface area (Å²) in [4.78, 5) is 14.7. The van der Waals surface area contributed by atoms with Crippen LogP contribution in [0.15, 0.2) is 22.7 Å². The van der Waals surface area contributed by atoms with Crippen LogP contribution in [-0.2, 0) is 0 Å². The number of benzene rings is 1. The molecule has 3 rings (SSSR count). The number of rotatable bonds is 3. The van der Waals surface area contributed by atoms with Gasteiger partial charge in [0.1, 0.15) is 5.82 Å². The van der Waals surface area contributed by atoms with Gasteiger partial charge in [-0.1, -0.05) is 0 Å². The van der Waals surface area contributed by atoms with Crippen molar-refractivity contribution in [2.24, 2.45) is 0 Å². The summed E-state index contributed by atoms with van der Waals surface area (Å²) in [6.07, 6.45) is 4.42. The zero-order valence-electron chi connectivity index (χ0n) is 12.1. The Kier molecular flexibility index (Phi) is 4.31. The molecule has 2 saturated heterocycles. The Morgan fingerprint density at radius 1 is 1.38 bits per heavy atom. The van der Waals surface area contributed by atoms with E-state index in [0.29, 0.717) is 28.7 Å². The largest absolute Gasteiger partial charge is 0.336 e. The Balaban J connectivity index is 1.82. The average Bonchev–Trinajstić information content (AvgIpc) is 2.81. The summed E-state index contributed by atoms with van der Waals surface area (Å²) in [5.41, 5.74) is 0.419. The quantitative estimate of drug-likeness (QED) is 0.902. The van der Waals surface area contributed by atoms with Crippen molar-refractivity contribution in [1.29, 1.82) is 0 Å². The molecule has 0 aliphatic carbocycles. The molecule has 2 aliphatic heterocycles. The number of piperidine rings is 1. The normalized spacial score (nSPS) is 27.7. The Bertz CT molecular complexity index is 539. The number of hydrogen-bond donors (Lipinski definition) is 1. The lowest BCUT2D eigenvalue weighted by Crippen LogP contribution is -2.50. The summed E-state index contributed by atoms with van der Waals surface area (Å²) in [7, 11) is 0. The smallest absolute Gasteiger partial charge is 0.255 e. The minimum absolute atomic E-state index is 0.0739. The predicted octanol–water partition coefficient (Wildman–Crippen LogP) is 3.33. The number of amides is 1. The molecule has 2 atom stereocenters. The summed E-state index contributed by atoms with van der Waals surface area (Å²) >= 11 is 3.36. The lowest BCUT2D eigenvalue weighted by atomic mass is 9.97. The van der Waals surface area contributed by atoms with Crippen LogP contribution in [0, 0.1) is 5.82 Å². The number of hydrogen-bond acceptors (Lipinski definition) is 2. The first-order valence-electron chi connectivity index (χ1n) is 7.60. The van der Waals surface area contributed by atoms with Gasteiger partial charge in [-0.2, -0.15) is 0 Å². The minimum atomic E-state index is -0.372. The molecule has 3 nitrogen and oxygen atoms in total. The highest BCUT2D eigenvalue weighted by Gasteiger charge is 2.37. The standard InChI is InChI=1S/C16H20BrFN2O/c1-2-20(13-8-11-4-5-12(9-13)19-11)16(21)14-7-10(18)3-6-15(14)17/h3,6-7,11-13,19H,2,4-5,8-9H2,1H3. The Hall–Kier alpha value is -0.940. The van der Waals surface area contributed by atoms with Crippen molar-refractivity contribution in [3.8, 4) is 0 Å². The van der Waals surface area contributed by atoms with Crippen molar-refractivity contribution >= 4 is 21.8 Å². The highest BCUT2D eigenvalue weighted by Crippen LogP contribution is 2.31. The molecule has 2 bridgehead atoms. The summed E-state index contributed by atoms with van der Waals surface area (Å²) in [6, 6.07) is 5.62. The molecule has 2 heterocycles. The zero-order valence-corrected chi connectivity index (χ0v) is 13.7. The van der Waals surface area contributed by atoms with Crippen LogP contribution < -0.4 is 5.32 Å². The van der Waals surface area contributed by atoms with Gasteiger partial charge in [0.2, 0.25) is 0 Å². The van der Waals surface area contributed by atoms with E-state index in [0.717, 1.165) is 12.8 Å². The molecule has 5 heteroatoms. The Morgan fingerprint density at radius 3 is 2.67 bits per heavy atom. The summed E-state index contributed by atoms with van der Waals surface area (Å²) < 4.78 is 14.1. The maximum absolute atomic E-state index is 13.4. The van der Waals surface area contributed by atoms with Crippen molar-refractivity contribution in [3.05, 3.63) is 34.1 Å². The number of halogens is 2. The highest BCUT2D eigenvalue weighted by atomic mass is 79.9. The Labute approximate surface area is 133 Å². The van der Waals surface area contributed by atoms with E-state index in [1.807, 2.05) is 11.8 Å². The lowest BCUT2D eigenvalue weighted by Gasteiger charge is -2.37. The van der Waals surface area contributed by atoms with Gasteiger partial charge in [-0.3, -0.25) is 4.79 Å². The van der Waals surface area contributed by atoms with E-state index < -0.39 is 0 Å². The van der Waals surface area contributed by atoms with Crippen LogP contribution in [0.2, 0.25) is 0 Å². The molecule has 2 aliphatic rings.